The molecular formula is C24H23N5O4S2. The third kappa shape index (κ3) is 5.07. The monoisotopic (exact) mass is 509 g/mol. The van der Waals surface area contributed by atoms with Crippen molar-refractivity contribution in [3.05, 3.63) is 65.0 Å². The van der Waals surface area contributed by atoms with Gasteiger partial charge in [0.2, 0.25) is 18.2 Å². The number of benzene rings is 1. The summed E-state index contributed by atoms with van der Waals surface area (Å²) in [4.78, 5) is 39.8. The summed E-state index contributed by atoms with van der Waals surface area (Å²) in [5.74, 6) is -1.00. The number of fused-ring (bicyclic) bond motifs is 2. The first-order valence-corrected chi connectivity index (χ1v) is 12.7. The van der Waals surface area contributed by atoms with Gasteiger partial charge in [-0.2, -0.15) is 0 Å². The third-order valence-electron chi connectivity index (χ3n) is 5.64. The zero-order valence-corrected chi connectivity index (χ0v) is 20.7. The average Bonchev–Trinajstić information content (AvgIpc) is 3.29. The van der Waals surface area contributed by atoms with Crippen molar-refractivity contribution < 1.29 is 19.5 Å². The van der Waals surface area contributed by atoms with Crippen molar-refractivity contribution in [3.8, 4) is 0 Å². The quantitative estimate of drug-likeness (QED) is 0.324. The van der Waals surface area contributed by atoms with Crippen LogP contribution >= 0.6 is 23.1 Å². The van der Waals surface area contributed by atoms with Crippen molar-refractivity contribution in [2.75, 3.05) is 22.1 Å². The van der Waals surface area contributed by atoms with E-state index in [1.54, 1.807) is 36.3 Å². The zero-order chi connectivity index (χ0) is 25.1. The fourth-order valence-electron chi connectivity index (χ4n) is 3.83. The van der Waals surface area contributed by atoms with Crippen LogP contribution in [-0.4, -0.2) is 38.8 Å². The molecule has 2 atom stereocenters. The van der Waals surface area contributed by atoms with Crippen molar-refractivity contribution >= 4 is 63.0 Å². The molecule has 0 spiro atoms. The molecule has 5 rings (SSSR count). The first-order valence-electron chi connectivity index (χ1n) is 10.8. The number of carbonyl (C=O) groups excluding carboxylic acids is 3. The number of carbonyl (C=O) groups is 3. The number of hydrogen-bond acceptors (Lipinski definition) is 9. The average molecular weight is 510 g/mol. The van der Waals surface area contributed by atoms with Gasteiger partial charge in [0, 0.05) is 22.4 Å². The number of rotatable bonds is 4. The van der Waals surface area contributed by atoms with Crippen LogP contribution in [0.25, 0.3) is 5.57 Å². The van der Waals surface area contributed by atoms with Gasteiger partial charge in [0.25, 0.3) is 5.91 Å². The van der Waals surface area contributed by atoms with Crippen LogP contribution in [0.3, 0.4) is 0 Å². The number of β-lactam (4-membered cyclic amide) rings is 1. The summed E-state index contributed by atoms with van der Waals surface area (Å²) in [5.41, 5.74) is 9.63. The van der Waals surface area contributed by atoms with E-state index in [4.69, 9.17) is 5.73 Å². The molecule has 1 saturated heterocycles. The second kappa shape index (κ2) is 10.3. The van der Waals surface area contributed by atoms with Crippen LogP contribution < -0.4 is 21.5 Å². The van der Waals surface area contributed by atoms with Crippen LogP contribution in [0.5, 0.6) is 0 Å². The fourth-order valence-corrected chi connectivity index (χ4v) is 5.61. The number of carboxylic acid groups (broad SMARTS) is 1. The fraction of sp³-hybridized carbons (Fsp3) is 0.250. The highest BCUT2D eigenvalue weighted by Gasteiger charge is 2.47. The summed E-state index contributed by atoms with van der Waals surface area (Å²) in [6.45, 7) is 3.62. The molecule has 1 fully saturated rings. The summed E-state index contributed by atoms with van der Waals surface area (Å²) in [6.07, 6.45) is 8.92. The number of nitrogens with zero attached hydrogens (tertiary/aromatic N) is 2. The molecule has 11 heteroatoms. The summed E-state index contributed by atoms with van der Waals surface area (Å²) < 4.78 is 0. The molecule has 1 unspecified atom stereocenters. The van der Waals surface area contributed by atoms with Crippen LogP contribution in [-0.2, 0) is 20.8 Å². The summed E-state index contributed by atoms with van der Waals surface area (Å²) in [5, 5.41) is 18.9. The van der Waals surface area contributed by atoms with Gasteiger partial charge >= 0.3 is 0 Å². The molecule has 1 aromatic heterocycles. The molecular weight excluding hydrogens is 486 g/mol. The number of hydrogen-bond donors (Lipinski definition) is 3. The standard InChI is InChI=1S/C16H14N4OS.C8H9NO3S/c1-2-12(14-9-22-16(17)20-14)15(21)19-11-6-5-10-4-3-7-18-13(10)8-11;1-4-6(10)9-5(8(11)12)2-3-13-7(4)9/h2,5-9,18H,4H2,1H3,(H2-,17,19,20,21);2,4,7H,3H2,1H3,(H,11,12)/b12-2-;/t;4?,7-/m.0/s1. The number of carboxylic acids is 1. The molecule has 0 aliphatic carbocycles. The van der Waals surface area contributed by atoms with Crippen molar-refractivity contribution in [1.82, 2.24) is 9.88 Å². The summed E-state index contributed by atoms with van der Waals surface area (Å²) in [6, 6.07) is 5.77. The molecule has 9 nitrogen and oxygen atoms in total. The third-order valence-corrected chi connectivity index (χ3v) is 7.64. The van der Waals surface area contributed by atoms with Gasteiger partial charge in [-0.25, -0.2) is 4.98 Å². The lowest BCUT2D eigenvalue weighted by Crippen LogP contribution is -2.60. The van der Waals surface area contributed by atoms with Crippen molar-refractivity contribution in [1.29, 1.82) is 0 Å². The van der Waals surface area contributed by atoms with Crippen LogP contribution in [0.4, 0.5) is 16.5 Å². The number of nitrogens with two attached hydrogens (primary N) is 1. The highest BCUT2D eigenvalue weighted by atomic mass is 32.2. The number of anilines is 3. The SMILES string of the molecule is C/C=C(\C(=O)Nc1ccc2c(c1)NC=[C+]C2)c1csc(N)n1.CC1C(=O)N2C(C(=O)[O-])=CCS[C@@H]12. The predicted octanol–water partition coefficient (Wildman–Crippen LogP) is 2.22. The van der Waals surface area contributed by atoms with Crippen LogP contribution in [0.15, 0.2) is 47.6 Å². The smallest absolute Gasteiger partial charge is 0.257 e. The number of thioether (sulfide) groups is 1. The number of allylic oxidation sites excluding steroid dienone is 2. The number of nitrogen functional groups attached to an aromatic ring is 1. The first kappa shape index (κ1) is 24.5. The van der Waals surface area contributed by atoms with Gasteiger partial charge < -0.3 is 26.3 Å². The molecule has 2 amide bonds. The molecule has 1 aromatic carbocycles. The van der Waals surface area contributed by atoms with Gasteiger partial charge in [-0.05, 0) is 31.2 Å². The molecule has 0 saturated carbocycles. The molecule has 35 heavy (non-hydrogen) atoms. The largest absolute Gasteiger partial charge is 0.543 e. The van der Waals surface area contributed by atoms with E-state index in [1.165, 1.54) is 22.3 Å². The minimum absolute atomic E-state index is 0.00500. The van der Waals surface area contributed by atoms with E-state index in [0.29, 0.717) is 22.2 Å². The van der Waals surface area contributed by atoms with E-state index in [9.17, 15) is 19.5 Å². The highest BCUT2D eigenvalue weighted by Crippen LogP contribution is 2.40. The number of amides is 2. The Morgan fingerprint density at radius 1 is 1.40 bits per heavy atom. The Hall–Kier alpha value is -3.66. The Morgan fingerprint density at radius 2 is 2.20 bits per heavy atom. The number of nitrogens with one attached hydrogen (secondary N) is 2. The topological polar surface area (TPSA) is 140 Å². The van der Waals surface area contributed by atoms with Gasteiger partial charge in [-0.15, -0.1) is 23.1 Å². The van der Waals surface area contributed by atoms with Gasteiger partial charge in [0.1, 0.15) is 0 Å². The predicted molar refractivity (Wildman–Crippen MR) is 136 cm³/mol. The second-order valence-corrected chi connectivity index (χ2v) is 9.91. The minimum atomic E-state index is -1.26. The maximum atomic E-state index is 12.4. The lowest BCUT2D eigenvalue weighted by molar-refractivity contribution is -0.301. The van der Waals surface area contributed by atoms with Gasteiger partial charge in [0.05, 0.1) is 39.9 Å². The van der Waals surface area contributed by atoms with E-state index in [-0.39, 0.29) is 28.8 Å². The number of aliphatic carboxylic acids is 1. The van der Waals surface area contributed by atoms with Gasteiger partial charge in [-0.1, -0.05) is 13.0 Å². The molecule has 0 bridgehead atoms. The van der Waals surface area contributed by atoms with Crippen LogP contribution in [0.2, 0.25) is 0 Å². The molecule has 0 radical (unpaired) electrons. The molecule has 2 aromatic rings. The summed E-state index contributed by atoms with van der Waals surface area (Å²) >= 11 is 2.90. The zero-order valence-electron chi connectivity index (χ0n) is 19.0. The van der Waals surface area contributed by atoms with Crippen molar-refractivity contribution in [2.24, 2.45) is 5.92 Å². The van der Waals surface area contributed by atoms with Crippen LogP contribution in [0.1, 0.15) is 25.1 Å². The molecule has 4 N–H and O–H groups in total. The van der Waals surface area contributed by atoms with Crippen LogP contribution in [0, 0.1) is 12.0 Å². The Bertz CT molecular complexity index is 1270. The van der Waals surface area contributed by atoms with Gasteiger partial charge in [0.15, 0.2) is 11.6 Å². The number of aromatic nitrogens is 1. The second-order valence-electron chi connectivity index (χ2n) is 7.87. The maximum absolute atomic E-state index is 12.4. The Morgan fingerprint density at radius 3 is 2.89 bits per heavy atom. The number of thiazole rings is 1. The lowest BCUT2D eigenvalue weighted by Gasteiger charge is -2.48. The minimum Gasteiger partial charge on any atom is -0.543 e. The first-order chi connectivity index (χ1) is 16.8. The van der Waals surface area contributed by atoms with E-state index < -0.39 is 5.97 Å². The van der Waals surface area contributed by atoms with E-state index in [2.05, 4.69) is 21.7 Å². The molecule has 3 aliphatic heterocycles. The molecule has 4 heterocycles. The van der Waals surface area contributed by atoms with Crippen molar-refractivity contribution in [2.45, 2.75) is 25.6 Å². The van der Waals surface area contributed by atoms with E-state index in [1.807, 2.05) is 25.1 Å². The van der Waals surface area contributed by atoms with E-state index >= 15 is 0 Å². The molecule has 180 valence electrons. The lowest BCUT2D eigenvalue weighted by atomic mass is 9.99. The highest BCUT2D eigenvalue weighted by molar-refractivity contribution is 8.00. The maximum Gasteiger partial charge on any atom is 0.257 e. The van der Waals surface area contributed by atoms with Gasteiger partial charge in [-0.3, -0.25) is 14.5 Å². The Balaban J connectivity index is 0.000000189. The molecule has 3 aliphatic rings. The van der Waals surface area contributed by atoms with E-state index in [0.717, 1.165) is 23.4 Å². The Kier molecular flexibility index (Phi) is 7.20. The Labute approximate surface area is 210 Å². The summed E-state index contributed by atoms with van der Waals surface area (Å²) in [7, 11) is 0. The normalized spacial score (nSPS) is 20.1. The van der Waals surface area contributed by atoms with Crippen molar-refractivity contribution in [3.63, 3.8) is 0 Å².